The maximum Gasteiger partial charge on any atom is 0.291 e. The number of carbonyl (C=O) groups excluding carboxylic acids is 2. The number of amides is 2. The van der Waals surface area contributed by atoms with Gasteiger partial charge in [-0.2, -0.15) is 0 Å². The Morgan fingerprint density at radius 1 is 1.12 bits per heavy atom. The number of thiophene rings is 1. The molecule has 132 valence electrons. The van der Waals surface area contributed by atoms with Crippen molar-refractivity contribution >= 4 is 34.9 Å². The van der Waals surface area contributed by atoms with E-state index in [1.165, 1.54) is 30.8 Å². The van der Waals surface area contributed by atoms with Crippen molar-refractivity contribution in [2.45, 2.75) is 0 Å². The number of methoxy groups -OCH3 is 1. The highest BCUT2D eigenvalue weighted by Gasteiger charge is 2.17. The average molecular weight is 368 g/mol. The molecule has 0 radical (unpaired) electrons. The standard InChI is InChI=1S/C19H16N2O4S/c1-24-16-8-3-2-7-14(16)20-18(22)15(12-13-6-5-11-26-13)21-19(23)17-9-4-10-25-17/h2-12H,1H3,(H,20,22)(H,21,23)/b15-12-. The normalized spacial score (nSPS) is 11.0. The Balaban J connectivity index is 1.85. The van der Waals surface area contributed by atoms with Crippen LogP contribution in [0.3, 0.4) is 0 Å². The summed E-state index contributed by atoms with van der Waals surface area (Å²) in [5.41, 5.74) is 0.601. The second-order valence-electron chi connectivity index (χ2n) is 5.16. The van der Waals surface area contributed by atoms with Gasteiger partial charge in [0.1, 0.15) is 11.4 Å². The van der Waals surface area contributed by atoms with Gasteiger partial charge in [0, 0.05) is 4.88 Å². The van der Waals surface area contributed by atoms with E-state index in [2.05, 4.69) is 10.6 Å². The summed E-state index contributed by atoms with van der Waals surface area (Å²) >= 11 is 1.45. The van der Waals surface area contributed by atoms with E-state index < -0.39 is 11.8 Å². The fraction of sp³-hybridized carbons (Fsp3) is 0.0526. The molecule has 0 bridgehead atoms. The lowest BCUT2D eigenvalue weighted by atomic mass is 10.2. The number of hydrogen-bond donors (Lipinski definition) is 2. The molecular weight excluding hydrogens is 352 g/mol. The molecule has 0 unspecified atom stereocenters. The van der Waals surface area contributed by atoms with Crippen LogP contribution in [0.2, 0.25) is 0 Å². The van der Waals surface area contributed by atoms with Crippen molar-refractivity contribution in [1.29, 1.82) is 0 Å². The van der Waals surface area contributed by atoms with E-state index in [9.17, 15) is 9.59 Å². The molecule has 0 fully saturated rings. The summed E-state index contributed by atoms with van der Waals surface area (Å²) in [6, 6.07) is 13.9. The van der Waals surface area contributed by atoms with E-state index in [4.69, 9.17) is 9.15 Å². The van der Waals surface area contributed by atoms with Crippen LogP contribution in [0.25, 0.3) is 6.08 Å². The molecule has 2 amide bonds. The fourth-order valence-corrected chi connectivity index (χ4v) is 2.86. The smallest absolute Gasteiger partial charge is 0.291 e. The third-order valence-electron chi connectivity index (χ3n) is 3.42. The van der Waals surface area contributed by atoms with Gasteiger partial charge in [0.05, 0.1) is 19.1 Å². The third-order valence-corrected chi connectivity index (χ3v) is 4.24. The van der Waals surface area contributed by atoms with Gasteiger partial charge in [0.2, 0.25) is 0 Å². The molecule has 2 N–H and O–H groups in total. The Morgan fingerprint density at radius 3 is 2.65 bits per heavy atom. The maximum atomic E-state index is 12.7. The van der Waals surface area contributed by atoms with E-state index in [1.54, 1.807) is 36.4 Å². The molecular formula is C19H16N2O4S. The molecule has 1 aromatic carbocycles. The predicted molar refractivity (Wildman–Crippen MR) is 100 cm³/mol. The maximum absolute atomic E-state index is 12.7. The van der Waals surface area contributed by atoms with Gasteiger partial charge in [-0.3, -0.25) is 9.59 Å². The van der Waals surface area contributed by atoms with Crippen molar-refractivity contribution in [2.75, 3.05) is 12.4 Å². The lowest BCUT2D eigenvalue weighted by molar-refractivity contribution is -0.113. The third kappa shape index (κ3) is 4.20. The molecule has 0 aliphatic heterocycles. The van der Waals surface area contributed by atoms with Crippen molar-refractivity contribution in [2.24, 2.45) is 0 Å². The average Bonchev–Trinajstić information content (AvgIpc) is 3.35. The van der Waals surface area contributed by atoms with Crippen molar-refractivity contribution in [3.63, 3.8) is 0 Å². The van der Waals surface area contributed by atoms with E-state index in [0.29, 0.717) is 11.4 Å². The highest BCUT2D eigenvalue weighted by atomic mass is 32.1. The first-order chi connectivity index (χ1) is 12.7. The molecule has 0 saturated carbocycles. The van der Waals surface area contributed by atoms with Crippen LogP contribution in [-0.4, -0.2) is 18.9 Å². The molecule has 0 saturated heterocycles. The molecule has 3 rings (SSSR count). The Bertz CT molecular complexity index is 915. The number of hydrogen-bond acceptors (Lipinski definition) is 5. The van der Waals surface area contributed by atoms with Gasteiger partial charge in [0.25, 0.3) is 11.8 Å². The minimum Gasteiger partial charge on any atom is -0.495 e. The summed E-state index contributed by atoms with van der Waals surface area (Å²) in [5, 5.41) is 7.23. The molecule has 2 aromatic heterocycles. The number of ether oxygens (including phenoxy) is 1. The van der Waals surface area contributed by atoms with Crippen molar-refractivity contribution in [3.05, 3.63) is 76.5 Å². The Kier molecular flexibility index (Phi) is 5.50. The Hall–Kier alpha value is -3.32. The number of anilines is 1. The monoisotopic (exact) mass is 368 g/mol. The van der Waals surface area contributed by atoms with Crippen LogP contribution in [0.4, 0.5) is 5.69 Å². The second kappa shape index (κ2) is 8.17. The Labute approximate surface area is 154 Å². The van der Waals surface area contributed by atoms with E-state index in [-0.39, 0.29) is 11.5 Å². The van der Waals surface area contributed by atoms with E-state index in [0.717, 1.165) is 4.88 Å². The molecule has 6 nitrogen and oxygen atoms in total. The van der Waals surface area contributed by atoms with Crippen LogP contribution in [0.5, 0.6) is 5.75 Å². The Morgan fingerprint density at radius 2 is 1.96 bits per heavy atom. The summed E-state index contributed by atoms with van der Waals surface area (Å²) in [7, 11) is 1.52. The molecule has 26 heavy (non-hydrogen) atoms. The fourth-order valence-electron chi connectivity index (χ4n) is 2.20. The lowest BCUT2D eigenvalue weighted by Crippen LogP contribution is -2.30. The first-order valence-electron chi connectivity index (χ1n) is 7.72. The first kappa shape index (κ1) is 17.5. The number of carbonyl (C=O) groups is 2. The zero-order chi connectivity index (χ0) is 18.4. The highest BCUT2D eigenvalue weighted by Crippen LogP contribution is 2.24. The molecule has 3 aromatic rings. The van der Waals surface area contributed by atoms with Crippen LogP contribution in [0, 0.1) is 0 Å². The summed E-state index contributed by atoms with van der Waals surface area (Å²) in [5.74, 6) is -0.336. The quantitative estimate of drug-likeness (QED) is 0.649. The van der Waals surface area contributed by atoms with Crippen molar-refractivity contribution in [1.82, 2.24) is 5.32 Å². The highest BCUT2D eigenvalue weighted by molar-refractivity contribution is 7.10. The SMILES string of the molecule is COc1ccccc1NC(=O)/C(=C/c1cccs1)NC(=O)c1ccco1. The summed E-state index contributed by atoms with van der Waals surface area (Å²) in [4.78, 5) is 25.8. The topological polar surface area (TPSA) is 80.6 Å². The first-order valence-corrected chi connectivity index (χ1v) is 8.60. The summed E-state index contributed by atoms with van der Waals surface area (Å²) in [6.45, 7) is 0. The molecule has 2 heterocycles. The van der Waals surface area contributed by atoms with Gasteiger partial charge in [-0.1, -0.05) is 18.2 Å². The number of nitrogens with one attached hydrogen (secondary N) is 2. The largest absolute Gasteiger partial charge is 0.495 e. The van der Waals surface area contributed by atoms with Gasteiger partial charge >= 0.3 is 0 Å². The molecule has 0 atom stereocenters. The van der Waals surface area contributed by atoms with Crippen molar-refractivity contribution < 1.29 is 18.7 Å². The lowest BCUT2D eigenvalue weighted by Gasteiger charge is -2.12. The number of furan rings is 1. The van der Waals surface area contributed by atoms with Gasteiger partial charge in [-0.25, -0.2) is 0 Å². The molecule has 7 heteroatoms. The van der Waals surface area contributed by atoms with Gasteiger partial charge in [-0.15, -0.1) is 11.3 Å². The zero-order valence-corrected chi connectivity index (χ0v) is 14.7. The van der Waals surface area contributed by atoms with Gasteiger partial charge in [-0.05, 0) is 41.8 Å². The zero-order valence-electron chi connectivity index (χ0n) is 13.9. The van der Waals surface area contributed by atoms with E-state index in [1.807, 2.05) is 17.5 Å². The van der Waals surface area contributed by atoms with Gasteiger partial charge in [0.15, 0.2) is 5.76 Å². The van der Waals surface area contributed by atoms with Crippen LogP contribution >= 0.6 is 11.3 Å². The molecule has 0 spiro atoms. The number of rotatable bonds is 6. The number of benzene rings is 1. The minimum atomic E-state index is -0.506. The van der Waals surface area contributed by atoms with Crippen LogP contribution in [-0.2, 0) is 4.79 Å². The predicted octanol–water partition coefficient (Wildman–Crippen LogP) is 3.76. The molecule has 0 aliphatic rings. The van der Waals surface area contributed by atoms with Crippen LogP contribution in [0.15, 0.2) is 70.3 Å². The second-order valence-corrected chi connectivity index (χ2v) is 6.14. The van der Waals surface area contributed by atoms with Crippen molar-refractivity contribution in [3.8, 4) is 5.75 Å². The summed E-state index contributed by atoms with van der Waals surface area (Å²) < 4.78 is 10.3. The molecule has 0 aliphatic carbocycles. The minimum absolute atomic E-state index is 0.0970. The summed E-state index contributed by atoms with van der Waals surface area (Å²) in [6.07, 6.45) is 3.00. The van der Waals surface area contributed by atoms with Crippen LogP contribution < -0.4 is 15.4 Å². The van der Waals surface area contributed by atoms with E-state index >= 15 is 0 Å². The number of para-hydroxylation sites is 2. The van der Waals surface area contributed by atoms with Crippen LogP contribution in [0.1, 0.15) is 15.4 Å². The van der Waals surface area contributed by atoms with Gasteiger partial charge < -0.3 is 19.8 Å².